The Labute approximate surface area is 171 Å². The summed E-state index contributed by atoms with van der Waals surface area (Å²) in [6.45, 7) is 2.42. The maximum Gasteiger partial charge on any atom is 0.231 e. The van der Waals surface area contributed by atoms with E-state index >= 15 is 0 Å². The van der Waals surface area contributed by atoms with Gasteiger partial charge in [-0.25, -0.2) is 0 Å². The van der Waals surface area contributed by atoms with E-state index in [0.717, 1.165) is 55.8 Å². The van der Waals surface area contributed by atoms with Crippen molar-refractivity contribution in [1.82, 2.24) is 5.32 Å². The molecule has 2 aromatic carbocycles. The summed E-state index contributed by atoms with van der Waals surface area (Å²) < 4.78 is 0. The quantitative estimate of drug-likeness (QED) is 0.830. The highest BCUT2D eigenvalue weighted by Crippen LogP contribution is 2.27. The van der Waals surface area contributed by atoms with Gasteiger partial charge in [0.2, 0.25) is 11.8 Å². The summed E-state index contributed by atoms with van der Waals surface area (Å²) in [5.74, 6) is 0.232. The molecule has 0 bridgehead atoms. The molecule has 2 N–H and O–H groups in total. The van der Waals surface area contributed by atoms with Gasteiger partial charge in [-0.2, -0.15) is 0 Å². The van der Waals surface area contributed by atoms with Gasteiger partial charge < -0.3 is 15.5 Å². The fraction of sp³-hybridized carbons (Fsp3) is 0.364. The highest BCUT2D eigenvalue weighted by molar-refractivity contribution is 5.96. The molecule has 0 aliphatic carbocycles. The second kappa shape index (κ2) is 9.22. The molecule has 1 fully saturated rings. The number of halogens is 1. The van der Waals surface area contributed by atoms with Gasteiger partial charge in [-0.3, -0.25) is 9.59 Å². The number of rotatable bonds is 4. The van der Waals surface area contributed by atoms with Crippen LogP contribution < -0.4 is 15.5 Å². The molecule has 2 amide bonds. The highest BCUT2D eigenvalue weighted by atomic mass is 35.5. The number of nitrogens with one attached hydrogen (secondary N) is 2. The molecular formula is C22H26ClN3O2. The lowest BCUT2D eigenvalue weighted by Crippen LogP contribution is -2.36. The van der Waals surface area contributed by atoms with Gasteiger partial charge >= 0.3 is 0 Å². The van der Waals surface area contributed by atoms with Gasteiger partial charge in [0, 0.05) is 24.5 Å². The average Bonchev–Trinajstić information content (AvgIpc) is 3.24. The summed E-state index contributed by atoms with van der Waals surface area (Å²) in [5, 5.41) is 6.17. The molecule has 1 saturated heterocycles. The number of anilines is 2. The minimum Gasteiger partial charge on any atom is -0.326 e. The first-order chi connectivity index (χ1) is 13.2. The van der Waals surface area contributed by atoms with Crippen LogP contribution in [-0.4, -0.2) is 31.4 Å². The van der Waals surface area contributed by atoms with E-state index in [4.69, 9.17) is 0 Å². The van der Waals surface area contributed by atoms with Crippen molar-refractivity contribution in [2.24, 2.45) is 5.92 Å². The van der Waals surface area contributed by atoms with Crippen molar-refractivity contribution in [2.45, 2.75) is 25.7 Å². The molecule has 2 aromatic rings. The van der Waals surface area contributed by atoms with Crippen molar-refractivity contribution < 1.29 is 9.59 Å². The minimum atomic E-state index is 0. The molecular weight excluding hydrogens is 374 g/mol. The minimum absolute atomic E-state index is 0. The van der Waals surface area contributed by atoms with Crippen LogP contribution >= 0.6 is 12.4 Å². The standard InChI is InChI=1S/C22H25N3O2.ClH/c26-21(25-13-3-5-17-4-1-2-6-20(17)25)14-16-7-9-19(10-8-16)24-22(27)18-11-12-23-15-18;/h1-2,4,6-10,18,23H,3,5,11-15H2,(H,24,27);1H. The predicted molar refractivity (Wildman–Crippen MR) is 114 cm³/mol. The normalized spacial score (nSPS) is 18.1. The molecule has 6 heteroatoms. The van der Waals surface area contributed by atoms with E-state index in [9.17, 15) is 9.59 Å². The van der Waals surface area contributed by atoms with Crippen molar-refractivity contribution >= 4 is 35.6 Å². The fourth-order valence-electron chi connectivity index (χ4n) is 3.89. The zero-order chi connectivity index (χ0) is 18.6. The zero-order valence-electron chi connectivity index (χ0n) is 15.8. The first-order valence-corrected chi connectivity index (χ1v) is 9.69. The van der Waals surface area contributed by atoms with Crippen LogP contribution in [0.4, 0.5) is 11.4 Å². The van der Waals surface area contributed by atoms with Gasteiger partial charge in [0.05, 0.1) is 12.3 Å². The van der Waals surface area contributed by atoms with Crippen molar-refractivity contribution in [2.75, 3.05) is 29.9 Å². The van der Waals surface area contributed by atoms with E-state index in [-0.39, 0.29) is 30.1 Å². The molecule has 1 atom stereocenters. The lowest BCUT2D eigenvalue weighted by atomic mass is 10.0. The van der Waals surface area contributed by atoms with E-state index in [1.165, 1.54) is 5.56 Å². The second-order valence-corrected chi connectivity index (χ2v) is 7.33. The molecule has 0 radical (unpaired) electrons. The second-order valence-electron chi connectivity index (χ2n) is 7.33. The molecule has 1 unspecified atom stereocenters. The molecule has 5 nitrogen and oxygen atoms in total. The van der Waals surface area contributed by atoms with E-state index in [1.807, 2.05) is 47.4 Å². The Balaban J connectivity index is 0.00000225. The van der Waals surface area contributed by atoms with Crippen LogP contribution in [0.1, 0.15) is 24.0 Å². The lowest BCUT2D eigenvalue weighted by molar-refractivity contribution is -0.119. The fourth-order valence-corrected chi connectivity index (χ4v) is 3.89. The summed E-state index contributed by atoms with van der Waals surface area (Å²) in [6.07, 6.45) is 3.29. The Kier molecular flexibility index (Phi) is 6.70. The number of para-hydroxylation sites is 1. The Hall–Kier alpha value is -2.37. The van der Waals surface area contributed by atoms with Crippen LogP contribution in [0.25, 0.3) is 0 Å². The third kappa shape index (κ3) is 4.54. The number of amides is 2. The molecule has 0 aromatic heterocycles. The number of aryl methyl sites for hydroxylation is 1. The smallest absolute Gasteiger partial charge is 0.231 e. The van der Waals surface area contributed by atoms with Crippen molar-refractivity contribution in [3.63, 3.8) is 0 Å². The maximum absolute atomic E-state index is 12.8. The third-order valence-electron chi connectivity index (χ3n) is 5.42. The van der Waals surface area contributed by atoms with Crippen LogP contribution in [0.5, 0.6) is 0 Å². The van der Waals surface area contributed by atoms with Gasteiger partial charge in [0.1, 0.15) is 0 Å². The number of hydrogen-bond donors (Lipinski definition) is 2. The molecule has 0 saturated carbocycles. The highest BCUT2D eigenvalue weighted by Gasteiger charge is 2.23. The SMILES string of the molecule is Cl.O=C(Nc1ccc(CC(=O)N2CCCc3ccccc32)cc1)C1CCNC1. The van der Waals surface area contributed by atoms with Crippen molar-refractivity contribution in [3.8, 4) is 0 Å². The molecule has 2 heterocycles. The number of hydrogen-bond acceptors (Lipinski definition) is 3. The lowest BCUT2D eigenvalue weighted by Gasteiger charge is -2.29. The third-order valence-corrected chi connectivity index (χ3v) is 5.42. The van der Waals surface area contributed by atoms with Crippen LogP contribution in [0.3, 0.4) is 0 Å². The van der Waals surface area contributed by atoms with Gasteiger partial charge in [-0.1, -0.05) is 30.3 Å². The largest absolute Gasteiger partial charge is 0.326 e. The molecule has 28 heavy (non-hydrogen) atoms. The summed E-state index contributed by atoms with van der Waals surface area (Å²) in [5.41, 5.74) is 4.04. The monoisotopic (exact) mass is 399 g/mol. The zero-order valence-corrected chi connectivity index (χ0v) is 16.6. The molecule has 148 valence electrons. The van der Waals surface area contributed by atoms with Crippen molar-refractivity contribution in [3.05, 3.63) is 59.7 Å². The molecule has 0 spiro atoms. The number of benzene rings is 2. The van der Waals surface area contributed by atoms with Gasteiger partial charge in [0.25, 0.3) is 0 Å². The van der Waals surface area contributed by atoms with Crippen LogP contribution in [0.2, 0.25) is 0 Å². The van der Waals surface area contributed by atoms with Gasteiger partial charge in [-0.05, 0) is 55.1 Å². The number of carbonyl (C=O) groups excluding carboxylic acids is 2. The Bertz CT molecular complexity index is 832. The van der Waals surface area contributed by atoms with Crippen molar-refractivity contribution in [1.29, 1.82) is 0 Å². The molecule has 2 aliphatic rings. The molecule has 4 rings (SSSR count). The van der Waals surface area contributed by atoms with E-state index < -0.39 is 0 Å². The van der Waals surface area contributed by atoms with E-state index in [2.05, 4.69) is 16.7 Å². The molecule has 2 aliphatic heterocycles. The number of nitrogens with zero attached hydrogens (tertiary/aromatic N) is 1. The summed E-state index contributed by atoms with van der Waals surface area (Å²) in [6, 6.07) is 15.8. The van der Waals surface area contributed by atoms with E-state index in [0.29, 0.717) is 6.42 Å². The Morgan fingerprint density at radius 1 is 1.11 bits per heavy atom. The van der Waals surface area contributed by atoms with Crippen LogP contribution in [0, 0.1) is 5.92 Å². The predicted octanol–water partition coefficient (Wildman–Crippen LogP) is 3.18. The number of fused-ring (bicyclic) bond motifs is 1. The summed E-state index contributed by atoms with van der Waals surface area (Å²) >= 11 is 0. The average molecular weight is 400 g/mol. The van der Waals surface area contributed by atoms with Gasteiger partial charge in [-0.15, -0.1) is 12.4 Å². The Morgan fingerprint density at radius 2 is 1.89 bits per heavy atom. The van der Waals surface area contributed by atoms with Crippen LogP contribution in [-0.2, 0) is 22.4 Å². The number of carbonyl (C=O) groups is 2. The maximum atomic E-state index is 12.8. The topological polar surface area (TPSA) is 61.4 Å². The Morgan fingerprint density at radius 3 is 2.64 bits per heavy atom. The van der Waals surface area contributed by atoms with Gasteiger partial charge in [0.15, 0.2) is 0 Å². The first-order valence-electron chi connectivity index (χ1n) is 9.69. The van der Waals surface area contributed by atoms with Crippen LogP contribution in [0.15, 0.2) is 48.5 Å². The summed E-state index contributed by atoms with van der Waals surface area (Å²) in [7, 11) is 0. The first kappa shape index (κ1) is 20.4. The van der Waals surface area contributed by atoms with E-state index in [1.54, 1.807) is 0 Å². The summed E-state index contributed by atoms with van der Waals surface area (Å²) in [4.78, 5) is 26.9.